The molecular formula is C27H35N3O3. The molecule has 2 saturated heterocycles. The number of rotatable bonds is 5. The number of piperazine rings is 1. The molecule has 0 saturated carbocycles. The largest absolute Gasteiger partial charge is 0.497 e. The standard InChI is InChI=1S/C27H35N3O3/c1-19(2)26(31)30-17-23(21-9-11-22(33-4)12-10-21)24(18-30)27(32)29-15-13-28(14-16-29)25-8-6-5-7-20(25)3/h5-12,19,23-24H,13-18H2,1-4H3/t23-,24-/m0/s1. The van der Waals surface area contributed by atoms with Crippen molar-refractivity contribution in [2.45, 2.75) is 26.7 Å². The second-order valence-corrected chi connectivity index (χ2v) is 9.48. The van der Waals surface area contributed by atoms with Gasteiger partial charge in [-0.3, -0.25) is 9.59 Å². The Morgan fingerprint density at radius 2 is 1.58 bits per heavy atom. The van der Waals surface area contributed by atoms with Crippen molar-refractivity contribution in [2.24, 2.45) is 11.8 Å². The van der Waals surface area contributed by atoms with Gasteiger partial charge >= 0.3 is 0 Å². The zero-order valence-electron chi connectivity index (χ0n) is 20.2. The van der Waals surface area contributed by atoms with Gasteiger partial charge in [0.05, 0.1) is 13.0 Å². The average molecular weight is 450 g/mol. The summed E-state index contributed by atoms with van der Waals surface area (Å²) in [5, 5.41) is 0. The van der Waals surface area contributed by atoms with E-state index in [2.05, 4.69) is 36.1 Å². The topological polar surface area (TPSA) is 53.1 Å². The molecule has 2 aromatic rings. The number of anilines is 1. The number of likely N-dealkylation sites (tertiary alicyclic amines) is 1. The fourth-order valence-electron chi connectivity index (χ4n) is 5.11. The van der Waals surface area contributed by atoms with Gasteiger partial charge in [-0.15, -0.1) is 0 Å². The number of hydrogen-bond donors (Lipinski definition) is 0. The van der Waals surface area contributed by atoms with E-state index in [0.29, 0.717) is 26.2 Å². The summed E-state index contributed by atoms with van der Waals surface area (Å²) in [6.07, 6.45) is 0. The first kappa shape index (κ1) is 23.1. The number of ether oxygens (including phenoxy) is 1. The van der Waals surface area contributed by atoms with Crippen LogP contribution in [0.4, 0.5) is 5.69 Å². The van der Waals surface area contributed by atoms with Crippen molar-refractivity contribution >= 4 is 17.5 Å². The molecule has 2 aliphatic heterocycles. The molecule has 6 heteroatoms. The minimum atomic E-state index is -0.217. The second-order valence-electron chi connectivity index (χ2n) is 9.48. The third kappa shape index (κ3) is 4.85. The number of amides is 2. The molecule has 0 unspecified atom stereocenters. The average Bonchev–Trinajstić information content (AvgIpc) is 3.29. The first-order valence-corrected chi connectivity index (χ1v) is 11.9. The van der Waals surface area contributed by atoms with Crippen molar-refractivity contribution < 1.29 is 14.3 Å². The van der Waals surface area contributed by atoms with Crippen LogP contribution in [0.2, 0.25) is 0 Å². The summed E-state index contributed by atoms with van der Waals surface area (Å²) >= 11 is 0. The van der Waals surface area contributed by atoms with E-state index in [9.17, 15) is 9.59 Å². The summed E-state index contributed by atoms with van der Waals surface area (Å²) in [5.41, 5.74) is 3.59. The molecule has 0 N–H and O–H groups in total. The molecule has 6 nitrogen and oxygen atoms in total. The quantitative estimate of drug-likeness (QED) is 0.701. The van der Waals surface area contributed by atoms with Crippen LogP contribution in [0.15, 0.2) is 48.5 Å². The van der Waals surface area contributed by atoms with E-state index in [1.165, 1.54) is 11.3 Å². The lowest BCUT2D eigenvalue weighted by Gasteiger charge is -2.38. The fraction of sp³-hybridized carbons (Fsp3) is 0.481. The van der Waals surface area contributed by atoms with Gasteiger partial charge in [0.2, 0.25) is 11.8 Å². The summed E-state index contributed by atoms with van der Waals surface area (Å²) in [7, 11) is 1.65. The van der Waals surface area contributed by atoms with Gasteiger partial charge in [-0.25, -0.2) is 0 Å². The maximum absolute atomic E-state index is 13.7. The predicted molar refractivity (Wildman–Crippen MR) is 131 cm³/mol. The minimum absolute atomic E-state index is 0.000466. The summed E-state index contributed by atoms with van der Waals surface area (Å²) in [5.74, 6) is 0.786. The normalized spacial score (nSPS) is 20.9. The SMILES string of the molecule is COc1ccc([C@@H]2CN(C(=O)C(C)C)C[C@@H]2C(=O)N2CCN(c3ccccc3C)CC2)cc1. The van der Waals surface area contributed by atoms with Crippen LogP contribution < -0.4 is 9.64 Å². The lowest BCUT2D eigenvalue weighted by Crippen LogP contribution is -2.51. The number of aryl methyl sites for hydroxylation is 1. The molecule has 33 heavy (non-hydrogen) atoms. The molecular weight excluding hydrogens is 414 g/mol. The van der Waals surface area contributed by atoms with E-state index in [4.69, 9.17) is 4.74 Å². The molecule has 2 heterocycles. The summed E-state index contributed by atoms with van der Waals surface area (Å²) in [6, 6.07) is 16.3. The molecule has 2 aliphatic rings. The van der Waals surface area contributed by atoms with Crippen LogP contribution in [0.1, 0.15) is 30.9 Å². The first-order valence-electron chi connectivity index (χ1n) is 11.9. The van der Waals surface area contributed by atoms with Crippen molar-refractivity contribution in [2.75, 3.05) is 51.3 Å². The zero-order chi connectivity index (χ0) is 23.5. The maximum Gasteiger partial charge on any atom is 0.228 e. The number of para-hydroxylation sites is 1. The first-order chi connectivity index (χ1) is 15.9. The van der Waals surface area contributed by atoms with Gasteiger partial charge in [0.25, 0.3) is 0 Å². The monoisotopic (exact) mass is 449 g/mol. The number of carbonyl (C=O) groups excluding carboxylic acids is 2. The smallest absolute Gasteiger partial charge is 0.228 e. The van der Waals surface area contributed by atoms with Crippen LogP contribution in [0, 0.1) is 18.8 Å². The molecule has 176 valence electrons. The van der Waals surface area contributed by atoms with E-state index in [0.717, 1.165) is 24.4 Å². The number of carbonyl (C=O) groups is 2. The molecule has 2 fully saturated rings. The number of hydrogen-bond acceptors (Lipinski definition) is 4. The van der Waals surface area contributed by atoms with Gasteiger partial charge in [0.1, 0.15) is 5.75 Å². The van der Waals surface area contributed by atoms with Crippen LogP contribution >= 0.6 is 0 Å². The highest BCUT2D eigenvalue weighted by Gasteiger charge is 2.42. The molecule has 0 aliphatic carbocycles. The molecule has 0 spiro atoms. The highest BCUT2D eigenvalue weighted by atomic mass is 16.5. The molecule has 2 aromatic carbocycles. The van der Waals surface area contributed by atoms with Crippen LogP contribution in [0.3, 0.4) is 0 Å². The van der Waals surface area contributed by atoms with Gasteiger partial charge < -0.3 is 19.4 Å². The van der Waals surface area contributed by atoms with Crippen LogP contribution in [0.25, 0.3) is 0 Å². The van der Waals surface area contributed by atoms with Crippen molar-refractivity contribution in [3.05, 3.63) is 59.7 Å². The summed E-state index contributed by atoms with van der Waals surface area (Å²) in [6.45, 7) is 10.1. The van der Waals surface area contributed by atoms with E-state index >= 15 is 0 Å². The van der Waals surface area contributed by atoms with Crippen LogP contribution in [-0.2, 0) is 9.59 Å². The minimum Gasteiger partial charge on any atom is -0.497 e. The van der Waals surface area contributed by atoms with E-state index in [1.54, 1.807) is 7.11 Å². The Hall–Kier alpha value is -3.02. The number of methoxy groups -OCH3 is 1. The Bertz CT molecular complexity index is 980. The number of benzene rings is 2. The third-order valence-corrected chi connectivity index (χ3v) is 7.03. The Morgan fingerprint density at radius 3 is 2.18 bits per heavy atom. The van der Waals surface area contributed by atoms with Gasteiger partial charge in [-0.05, 0) is 36.2 Å². The van der Waals surface area contributed by atoms with Gasteiger partial charge in [-0.2, -0.15) is 0 Å². The Morgan fingerprint density at radius 1 is 0.909 bits per heavy atom. The van der Waals surface area contributed by atoms with Gasteiger partial charge in [-0.1, -0.05) is 44.2 Å². The lowest BCUT2D eigenvalue weighted by molar-refractivity contribution is -0.136. The van der Waals surface area contributed by atoms with Gasteiger partial charge in [0.15, 0.2) is 0 Å². The Balaban J connectivity index is 1.50. The molecule has 4 rings (SSSR count). The third-order valence-electron chi connectivity index (χ3n) is 7.03. The molecule has 0 bridgehead atoms. The van der Waals surface area contributed by atoms with Crippen molar-refractivity contribution in [1.29, 1.82) is 0 Å². The molecule has 2 amide bonds. The van der Waals surface area contributed by atoms with Crippen molar-refractivity contribution in [3.63, 3.8) is 0 Å². The van der Waals surface area contributed by atoms with E-state index < -0.39 is 0 Å². The van der Waals surface area contributed by atoms with Crippen molar-refractivity contribution in [3.8, 4) is 5.75 Å². The fourth-order valence-corrected chi connectivity index (χ4v) is 5.11. The van der Waals surface area contributed by atoms with Crippen molar-refractivity contribution in [1.82, 2.24) is 9.80 Å². The highest BCUT2D eigenvalue weighted by Crippen LogP contribution is 2.36. The van der Waals surface area contributed by atoms with Crippen LogP contribution in [-0.4, -0.2) is 68.0 Å². The lowest BCUT2D eigenvalue weighted by atomic mass is 9.87. The second kappa shape index (κ2) is 9.86. The Kier molecular flexibility index (Phi) is 6.91. The zero-order valence-corrected chi connectivity index (χ0v) is 20.2. The van der Waals surface area contributed by atoms with Gasteiger partial charge in [0, 0.05) is 56.8 Å². The predicted octanol–water partition coefficient (Wildman–Crippen LogP) is 3.55. The van der Waals surface area contributed by atoms with E-state index in [1.807, 2.05) is 47.9 Å². The molecule has 0 radical (unpaired) electrons. The summed E-state index contributed by atoms with van der Waals surface area (Å²) < 4.78 is 5.30. The summed E-state index contributed by atoms with van der Waals surface area (Å²) in [4.78, 5) is 32.7. The molecule has 0 aromatic heterocycles. The Labute approximate surface area is 197 Å². The van der Waals surface area contributed by atoms with E-state index in [-0.39, 0.29) is 29.6 Å². The maximum atomic E-state index is 13.7. The van der Waals surface area contributed by atoms with Crippen LogP contribution in [0.5, 0.6) is 5.75 Å². The number of nitrogens with zero attached hydrogens (tertiary/aromatic N) is 3. The highest BCUT2D eigenvalue weighted by molar-refractivity contribution is 5.84. The molecule has 2 atom stereocenters.